The molecule has 1 heterocycles. The van der Waals surface area contributed by atoms with Gasteiger partial charge in [-0.1, -0.05) is 0 Å². The van der Waals surface area contributed by atoms with Crippen molar-refractivity contribution in [3.05, 3.63) is 0 Å². The normalized spacial score (nSPS) is 23.4. The Balaban J connectivity index is 1.80. The highest BCUT2D eigenvalue weighted by molar-refractivity contribution is 5.77. The summed E-state index contributed by atoms with van der Waals surface area (Å²) < 4.78 is 5.31. The van der Waals surface area contributed by atoms with Crippen LogP contribution in [0.5, 0.6) is 0 Å². The Hall–Kier alpha value is -1.30. The second-order valence-electron chi connectivity index (χ2n) is 6.04. The molecule has 6 heteroatoms. The van der Waals surface area contributed by atoms with Crippen molar-refractivity contribution in [2.24, 2.45) is 5.92 Å². The molecule has 2 fully saturated rings. The fourth-order valence-electron chi connectivity index (χ4n) is 3.06. The first-order valence-electron chi connectivity index (χ1n) is 7.39. The summed E-state index contributed by atoms with van der Waals surface area (Å²) in [6, 6.07) is -0.161. The number of hydrogen-bond acceptors (Lipinski definition) is 3. The molecular formula is C14H24N2O4. The fourth-order valence-corrected chi connectivity index (χ4v) is 3.06. The maximum atomic E-state index is 12.0. The zero-order valence-electron chi connectivity index (χ0n) is 12.0. The minimum atomic E-state index is -0.859. The lowest BCUT2D eigenvalue weighted by Gasteiger charge is -2.42. The first kappa shape index (κ1) is 15.1. The van der Waals surface area contributed by atoms with Crippen LogP contribution in [0.4, 0.5) is 4.79 Å². The van der Waals surface area contributed by atoms with E-state index in [1.165, 1.54) is 0 Å². The van der Waals surface area contributed by atoms with E-state index in [-0.39, 0.29) is 18.5 Å². The Morgan fingerprint density at radius 2 is 2.00 bits per heavy atom. The van der Waals surface area contributed by atoms with Gasteiger partial charge in [-0.15, -0.1) is 0 Å². The largest absolute Gasteiger partial charge is 0.481 e. The SMILES string of the molecule is CC(NC(=O)NC1(CC(=O)O)CCC1)C1CCOCC1. The molecule has 1 atom stereocenters. The number of hydrogen-bond donors (Lipinski definition) is 3. The van der Waals surface area contributed by atoms with E-state index in [1.807, 2.05) is 6.92 Å². The van der Waals surface area contributed by atoms with Crippen molar-refractivity contribution >= 4 is 12.0 Å². The smallest absolute Gasteiger partial charge is 0.315 e. The standard InChI is InChI=1S/C14H24N2O4/c1-10(11-3-7-20-8-4-11)15-13(19)16-14(5-2-6-14)9-12(17)18/h10-11H,2-9H2,1H3,(H,17,18)(H2,15,16,19). The Labute approximate surface area is 119 Å². The molecule has 0 aromatic carbocycles. The maximum Gasteiger partial charge on any atom is 0.315 e. The van der Waals surface area contributed by atoms with Gasteiger partial charge in [0.2, 0.25) is 0 Å². The number of carboxylic acids is 1. The Kier molecular flexibility index (Phi) is 4.86. The second-order valence-corrected chi connectivity index (χ2v) is 6.04. The molecule has 0 spiro atoms. The summed E-state index contributed by atoms with van der Waals surface area (Å²) in [5.41, 5.74) is -0.536. The van der Waals surface area contributed by atoms with Gasteiger partial charge in [0.25, 0.3) is 0 Å². The molecule has 1 saturated heterocycles. The van der Waals surface area contributed by atoms with Gasteiger partial charge in [0, 0.05) is 19.3 Å². The third-order valence-corrected chi connectivity index (χ3v) is 4.51. The van der Waals surface area contributed by atoms with Crippen LogP contribution in [0.1, 0.15) is 45.4 Å². The van der Waals surface area contributed by atoms with Crippen LogP contribution in [0, 0.1) is 5.92 Å². The lowest BCUT2D eigenvalue weighted by atomic mass is 9.74. The van der Waals surface area contributed by atoms with Crippen LogP contribution in [0.2, 0.25) is 0 Å². The average Bonchev–Trinajstić information content (AvgIpc) is 2.36. The molecule has 1 aliphatic heterocycles. The molecule has 1 aliphatic carbocycles. The number of urea groups is 1. The summed E-state index contributed by atoms with van der Waals surface area (Å²) in [6.07, 6.45) is 4.40. The minimum Gasteiger partial charge on any atom is -0.481 e. The molecule has 1 unspecified atom stereocenters. The van der Waals surface area contributed by atoms with Crippen molar-refractivity contribution < 1.29 is 19.4 Å². The Bertz CT molecular complexity index is 362. The topological polar surface area (TPSA) is 87.7 Å². The maximum absolute atomic E-state index is 12.0. The summed E-state index contributed by atoms with van der Waals surface area (Å²) in [5, 5.41) is 14.7. The number of aliphatic carboxylic acids is 1. The highest BCUT2D eigenvalue weighted by Crippen LogP contribution is 2.34. The van der Waals surface area contributed by atoms with Crippen molar-refractivity contribution in [3.63, 3.8) is 0 Å². The molecule has 0 radical (unpaired) electrons. The van der Waals surface area contributed by atoms with Gasteiger partial charge in [0.15, 0.2) is 0 Å². The highest BCUT2D eigenvalue weighted by Gasteiger charge is 2.40. The quantitative estimate of drug-likeness (QED) is 0.714. The minimum absolute atomic E-state index is 0.00602. The van der Waals surface area contributed by atoms with Crippen LogP contribution in [-0.4, -0.2) is 41.9 Å². The van der Waals surface area contributed by atoms with Gasteiger partial charge >= 0.3 is 12.0 Å². The van der Waals surface area contributed by atoms with Crippen LogP contribution in [0.3, 0.4) is 0 Å². The van der Waals surface area contributed by atoms with Gasteiger partial charge in [-0.2, -0.15) is 0 Å². The van der Waals surface area contributed by atoms with Crippen molar-refractivity contribution in [2.75, 3.05) is 13.2 Å². The number of carboxylic acid groups (broad SMARTS) is 1. The number of amides is 2. The van der Waals surface area contributed by atoms with E-state index in [0.29, 0.717) is 5.92 Å². The van der Waals surface area contributed by atoms with Crippen LogP contribution >= 0.6 is 0 Å². The van der Waals surface area contributed by atoms with Crippen LogP contribution in [0.25, 0.3) is 0 Å². The molecule has 0 bridgehead atoms. The summed E-state index contributed by atoms with van der Waals surface area (Å²) in [4.78, 5) is 22.9. The van der Waals surface area contributed by atoms with Crippen LogP contribution in [-0.2, 0) is 9.53 Å². The van der Waals surface area contributed by atoms with Crippen LogP contribution < -0.4 is 10.6 Å². The predicted octanol–water partition coefficient (Wildman–Crippen LogP) is 1.50. The molecule has 0 aromatic rings. The van der Waals surface area contributed by atoms with E-state index in [0.717, 1.165) is 45.3 Å². The summed E-state index contributed by atoms with van der Waals surface area (Å²) in [6.45, 7) is 3.50. The van der Waals surface area contributed by atoms with Gasteiger partial charge in [-0.25, -0.2) is 4.79 Å². The van der Waals surface area contributed by atoms with Gasteiger partial charge < -0.3 is 20.5 Å². The van der Waals surface area contributed by atoms with E-state index < -0.39 is 11.5 Å². The first-order valence-corrected chi connectivity index (χ1v) is 7.39. The monoisotopic (exact) mass is 284 g/mol. The highest BCUT2D eigenvalue weighted by atomic mass is 16.5. The molecule has 0 aromatic heterocycles. The molecular weight excluding hydrogens is 260 g/mol. The molecule has 6 nitrogen and oxygen atoms in total. The zero-order valence-corrected chi connectivity index (χ0v) is 12.0. The molecule has 20 heavy (non-hydrogen) atoms. The van der Waals surface area contributed by atoms with Crippen molar-refractivity contribution in [1.29, 1.82) is 0 Å². The van der Waals surface area contributed by atoms with E-state index >= 15 is 0 Å². The fraction of sp³-hybridized carbons (Fsp3) is 0.857. The Morgan fingerprint density at radius 1 is 1.35 bits per heavy atom. The molecule has 2 aliphatic rings. The lowest BCUT2D eigenvalue weighted by molar-refractivity contribution is -0.139. The molecule has 1 saturated carbocycles. The third-order valence-electron chi connectivity index (χ3n) is 4.51. The molecule has 3 N–H and O–H groups in total. The van der Waals surface area contributed by atoms with Gasteiger partial charge in [-0.3, -0.25) is 4.79 Å². The molecule has 2 amide bonds. The van der Waals surface area contributed by atoms with Crippen molar-refractivity contribution in [1.82, 2.24) is 10.6 Å². The van der Waals surface area contributed by atoms with Crippen molar-refractivity contribution in [2.45, 2.75) is 57.0 Å². The average molecular weight is 284 g/mol. The van der Waals surface area contributed by atoms with Crippen molar-refractivity contribution in [3.8, 4) is 0 Å². The summed E-state index contributed by atoms with van der Waals surface area (Å²) >= 11 is 0. The third kappa shape index (κ3) is 3.85. The summed E-state index contributed by atoms with van der Waals surface area (Å²) in [5.74, 6) is -0.422. The number of nitrogens with one attached hydrogen (secondary N) is 2. The van der Waals surface area contributed by atoms with Crippen LogP contribution in [0.15, 0.2) is 0 Å². The number of ether oxygens (including phenoxy) is 1. The number of rotatable bonds is 5. The lowest BCUT2D eigenvalue weighted by Crippen LogP contribution is -2.58. The predicted molar refractivity (Wildman–Crippen MR) is 73.5 cm³/mol. The zero-order chi connectivity index (χ0) is 14.6. The number of carbonyl (C=O) groups excluding carboxylic acids is 1. The van der Waals surface area contributed by atoms with E-state index in [2.05, 4.69) is 10.6 Å². The van der Waals surface area contributed by atoms with E-state index in [4.69, 9.17) is 9.84 Å². The summed E-state index contributed by atoms with van der Waals surface area (Å²) in [7, 11) is 0. The van der Waals surface area contributed by atoms with E-state index in [1.54, 1.807) is 0 Å². The first-order chi connectivity index (χ1) is 9.51. The second kappa shape index (κ2) is 6.43. The van der Waals surface area contributed by atoms with Gasteiger partial charge in [-0.05, 0) is 44.9 Å². The van der Waals surface area contributed by atoms with Gasteiger partial charge in [0.05, 0.1) is 12.0 Å². The Morgan fingerprint density at radius 3 is 2.50 bits per heavy atom. The number of carbonyl (C=O) groups is 2. The molecule has 2 rings (SSSR count). The van der Waals surface area contributed by atoms with E-state index in [9.17, 15) is 9.59 Å². The molecule has 114 valence electrons. The van der Waals surface area contributed by atoms with Gasteiger partial charge in [0.1, 0.15) is 0 Å².